The predicted octanol–water partition coefficient (Wildman–Crippen LogP) is -0.123. The summed E-state index contributed by atoms with van der Waals surface area (Å²) in [6, 6.07) is -0.771. The van der Waals surface area contributed by atoms with E-state index < -0.39 is 11.9 Å². The van der Waals surface area contributed by atoms with Crippen LogP contribution in [0.4, 0.5) is 0 Å². The first-order valence-electron chi connectivity index (χ1n) is 7.27. The predicted molar refractivity (Wildman–Crippen MR) is 73.1 cm³/mol. The van der Waals surface area contributed by atoms with Gasteiger partial charge < -0.3 is 16.4 Å². The molecular weight excluding hydrogens is 258 g/mol. The molecule has 2 rings (SSSR count). The van der Waals surface area contributed by atoms with Gasteiger partial charge in [-0.05, 0) is 31.6 Å². The Morgan fingerprint density at radius 1 is 1.40 bits per heavy atom. The van der Waals surface area contributed by atoms with Gasteiger partial charge in [-0.25, -0.2) is 0 Å². The number of amides is 3. The zero-order valence-electron chi connectivity index (χ0n) is 11.6. The number of piperidine rings is 1. The largest absolute Gasteiger partial charge is 0.368 e. The molecule has 0 aromatic rings. The van der Waals surface area contributed by atoms with Crippen molar-refractivity contribution in [1.29, 1.82) is 0 Å². The average Bonchev–Trinajstić information content (AvgIpc) is 3.22. The third kappa shape index (κ3) is 4.51. The van der Waals surface area contributed by atoms with Gasteiger partial charge in [0.25, 0.3) is 0 Å². The molecule has 0 unspecified atom stereocenters. The van der Waals surface area contributed by atoms with Crippen LogP contribution in [0, 0.1) is 18.3 Å². The van der Waals surface area contributed by atoms with Crippen molar-refractivity contribution in [2.45, 2.75) is 44.6 Å². The molecule has 1 saturated heterocycles. The number of rotatable bonds is 7. The summed E-state index contributed by atoms with van der Waals surface area (Å²) < 4.78 is 0. The maximum absolute atomic E-state index is 11.7. The fraction of sp³-hybridized carbons (Fsp3) is 0.714. The second kappa shape index (κ2) is 6.72. The molecule has 6 nitrogen and oxygen atoms in total. The van der Waals surface area contributed by atoms with Crippen molar-refractivity contribution in [3.63, 3.8) is 0 Å². The van der Waals surface area contributed by atoms with Crippen molar-refractivity contribution in [2.75, 3.05) is 6.54 Å². The molecule has 111 valence electrons. The van der Waals surface area contributed by atoms with E-state index in [4.69, 9.17) is 5.73 Å². The third-order valence-corrected chi connectivity index (χ3v) is 3.91. The van der Waals surface area contributed by atoms with Crippen LogP contribution in [0.3, 0.4) is 0 Å². The molecule has 2 aliphatic rings. The molecular formula is C14H22N3O3. The molecule has 1 radical (unpaired) electrons. The molecule has 1 heterocycles. The number of nitrogens with one attached hydrogen (secondary N) is 2. The van der Waals surface area contributed by atoms with Gasteiger partial charge in [0.05, 0.1) is 0 Å². The molecule has 6 heteroatoms. The number of primary amides is 1. The number of hydrogen-bond acceptors (Lipinski definition) is 3. The average molecular weight is 280 g/mol. The molecule has 4 N–H and O–H groups in total. The van der Waals surface area contributed by atoms with E-state index >= 15 is 0 Å². The van der Waals surface area contributed by atoms with E-state index in [-0.39, 0.29) is 24.2 Å². The minimum Gasteiger partial charge on any atom is -0.368 e. The summed E-state index contributed by atoms with van der Waals surface area (Å²) in [6.45, 7) is 0.679. The Bertz CT molecular complexity index is 393. The van der Waals surface area contributed by atoms with E-state index in [1.165, 1.54) is 12.8 Å². The minimum atomic E-state index is -0.771. The van der Waals surface area contributed by atoms with Gasteiger partial charge in [-0.2, -0.15) is 0 Å². The Kier molecular flexibility index (Phi) is 4.98. The summed E-state index contributed by atoms with van der Waals surface area (Å²) in [5.41, 5.74) is 5.32. The van der Waals surface area contributed by atoms with E-state index in [9.17, 15) is 14.4 Å². The minimum absolute atomic E-state index is 0.0568. The third-order valence-electron chi connectivity index (χ3n) is 3.91. The number of carbonyl (C=O) groups is 3. The van der Waals surface area contributed by atoms with Crippen LogP contribution in [0.25, 0.3) is 0 Å². The van der Waals surface area contributed by atoms with Gasteiger partial charge in [-0.1, -0.05) is 12.8 Å². The van der Waals surface area contributed by atoms with Crippen molar-refractivity contribution < 1.29 is 14.4 Å². The van der Waals surface area contributed by atoms with Crippen molar-refractivity contribution >= 4 is 17.7 Å². The molecule has 1 saturated carbocycles. The first-order valence-corrected chi connectivity index (χ1v) is 7.27. The van der Waals surface area contributed by atoms with Gasteiger partial charge in [0.1, 0.15) is 6.04 Å². The zero-order chi connectivity index (χ0) is 14.5. The van der Waals surface area contributed by atoms with Crippen LogP contribution in [0.5, 0.6) is 0 Å². The van der Waals surface area contributed by atoms with E-state index in [1.807, 2.05) is 0 Å². The fourth-order valence-electron chi connectivity index (χ4n) is 2.45. The maximum atomic E-state index is 11.7. The highest BCUT2D eigenvalue weighted by molar-refractivity contribution is 5.91. The summed E-state index contributed by atoms with van der Waals surface area (Å²) in [5, 5.41) is 5.38. The molecule has 0 aromatic heterocycles. The SMILES string of the molecule is NC(=O)[C@H](C[C@@H]1CCCNC1=O)NC(=O)[CH]CC1CC1. The zero-order valence-corrected chi connectivity index (χ0v) is 11.6. The lowest BCUT2D eigenvalue weighted by molar-refractivity contribution is -0.129. The van der Waals surface area contributed by atoms with Gasteiger partial charge in [0.15, 0.2) is 0 Å². The maximum Gasteiger partial charge on any atom is 0.240 e. The summed E-state index contributed by atoms with van der Waals surface area (Å²) in [7, 11) is 0. The lowest BCUT2D eigenvalue weighted by atomic mass is 9.91. The van der Waals surface area contributed by atoms with E-state index in [0.29, 0.717) is 12.5 Å². The van der Waals surface area contributed by atoms with Crippen LogP contribution in [-0.2, 0) is 14.4 Å². The van der Waals surface area contributed by atoms with Gasteiger partial charge in [-0.3, -0.25) is 14.4 Å². The van der Waals surface area contributed by atoms with Crippen molar-refractivity contribution in [2.24, 2.45) is 17.6 Å². The van der Waals surface area contributed by atoms with Gasteiger partial charge >= 0.3 is 0 Å². The molecule has 1 aliphatic heterocycles. The van der Waals surface area contributed by atoms with E-state index in [0.717, 1.165) is 19.3 Å². The highest BCUT2D eigenvalue weighted by Gasteiger charge is 2.29. The molecule has 20 heavy (non-hydrogen) atoms. The summed E-state index contributed by atoms with van der Waals surface area (Å²) in [6.07, 6.45) is 6.58. The van der Waals surface area contributed by atoms with Crippen LogP contribution < -0.4 is 16.4 Å². The Morgan fingerprint density at radius 2 is 2.15 bits per heavy atom. The monoisotopic (exact) mass is 280 g/mol. The standard InChI is InChI=1S/C14H22N3O3/c15-13(19)11(8-10-2-1-7-16-14(10)20)17-12(18)6-5-9-3-4-9/h6,9-11H,1-5,7-8H2,(H2,15,19)(H,16,20)(H,17,18)/t10-,11-/m0/s1. The van der Waals surface area contributed by atoms with Crippen molar-refractivity contribution in [3.8, 4) is 0 Å². The number of hydrogen-bond donors (Lipinski definition) is 3. The van der Waals surface area contributed by atoms with Crippen LogP contribution in [0.15, 0.2) is 0 Å². The molecule has 0 aromatic carbocycles. The lowest BCUT2D eigenvalue weighted by Gasteiger charge is -2.25. The summed E-state index contributed by atoms with van der Waals surface area (Å²) in [5.74, 6) is -0.533. The number of carbonyl (C=O) groups excluding carboxylic acids is 3. The summed E-state index contributed by atoms with van der Waals surface area (Å²) >= 11 is 0. The van der Waals surface area contributed by atoms with Crippen LogP contribution in [0.2, 0.25) is 0 Å². The lowest BCUT2D eigenvalue weighted by Crippen LogP contribution is -2.48. The van der Waals surface area contributed by atoms with E-state index in [1.54, 1.807) is 6.42 Å². The Morgan fingerprint density at radius 3 is 2.75 bits per heavy atom. The molecule has 2 fully saturated rings. The highest BCUT2D eigenvalue weighted by Crippen LogP contribution is 2.33. The molecule has 0 spiro atoms. The van der Waals surface area contributed by atoms with E-state index in [2.05, 4.69) is 10.6 Å². The highest BCUT2D eigenvalue weighted by atomic mass is 16.2. The van der Waals surface area contributed by atoms with Gasteiger partial charge in [-0.15, -0.1) is 0 Å². The molecule has 1 aliphatic carbocycles. The van der Waals surface area contributed by atoms with Crippen LogP contribution >= 0.6 is 0 Å². The Balaban J connectivity index is 1.80. The second-order valence-electron chi connectivity index (χ2n) is 5.71. The van der Waals surface area contributed by atoms with Crippen molar-refractivity contribution in [1.82, 2.24) is 10.6 Å². The Labute approximate surface area is 118 Å². The molecule has 0 bridgehead atoms. The first kappa shape index (κ1) is 14.8. The van der Waals surface area contributed by atoms with Crippen molar-refractivity contribution in [3.05, 3.63) is 6.42 Å². The number of nitrogens with two attached hydrogens (primary N) is 1. The first-order chi connectivity index (χ1) is 9.56. The second-order valence-corrected chi connectivity index (χ2v) is 5.71. The normalized spacial score (nSPS) is 23.8. The molecule has 2 atom stereocenters. The van der Waals surface area contributed by atoms with Gasteiger partial charge in [0.2, 0.25) is 17.7 Å². The van der Waals surface area contributed by atoms with Crippen LogP contribution in [-0.4, -0.2) is 30.3 Å². The van der Waals surface area contributed by atoms with Gasteiger partial charge in [0, 0.05) is 18.9 Å². The fourth-order valence-corrected chi connectivity index (χ4v) is 2.45. The Hall–Kier alpha value is -1.59. The van der Waals surface area contributed by atoms with Crippen LogP contribution in [0.1, 0.15) is 38.5 Å². The summed E-state index contributed by atoms with van der Waals surface area (Å²) in [4.78, 5) is 34.8. The molecule has 3 amide bonds. The quantitative estimate of drug-likeness (QED) is 0.606. The smallest absolute Gasteiger partial charge is 0.240 e. The topological polar surface area (TPSA) is 101 Å².